The van der Waals surface area contributed by atoms with Crippen LogP contribution in [0.25, 0.3) is 0 Å². The van der Waals surface area contributed by atoms with E-state index in [0.29, 0.717) is 55.3 Å². The van der Waals surface area contributed by atoms with Gasteiger partial charge >= 0.3 is 6.18 Å². The van der Waals surface area contributed by atoms with Gasteiger partial charge < -0.3 is 20.3 Å². The van der Waals surface area contributed by atoms with Crippen LogP contribution in [0.3, 0.4) is 0 Å². The van der Waals surface area contributed by atoms with Gasteiger partial charge in [0.25, 0.3) is 0 Å². The summed E-state index contributed by atoms with van der Waals surface area (Å²) in [6, 6.07) is 6.57. The molecule has 0 spiro atoms. The molecule has 5 nitrogen and oxygen atoms in total. The van der Waals surface area contributed by atoms with Gasteiger partial charge in [0, 0.05) is 62.9 Å². The fourth-order valence-electron chi connectivity index (χ4n) is 3.90. The lowest BCUT2D eigenvalue weighted by atomic mass is 10.0. The number of hydrogen-bond acceptors (Lipinski definition) is 5. The number of ether oxygens (including phenoxy) is 1. The summed E-state index contributed by atoms with van der Waals surface area (Å²) in [7, 11) is 1.60. The number of anilines is 3. The Morgan fingerprint density at radius 1 is 1.20 bits per heavy atom. The number of hydrogen-bond donors (Lipinski definition) is 2. The van der Waals surface area contributed by atoms with Crippen molar-refractivity contribution >= 4 is 29.0 Å². The summed E-state index contributed by atoms with van der Waals surface area (Å²) in [6.07, 6.45) is -2.43. The minimum Gasteiger partial charge on any atom is -0.385 e. The molecule has 0 aliphatic carbocycles. The van der Waals surface area contributed by atoms with Crippen molar-refractivity contribution in [3.63, 3.8) is 0 Å². The molecule has 0 bridgehead atoms. The molecule has 4 rings (SSSR count). The van der Waals surface area contributed by atoms with Crippen LogP contribution in [0, 0.1) is 5.82 Å². The van der Waals surface area contributed by atoms with Gasteiger partial charge in [-0.2, -0.15) is 13.2 Å². The Morgan fingerprint density at radius 3 is 2.77 bits per heavy atom. The van der Waals surface area contributed by atoms with Crippen LogP contribution in [0.5, 0.6) is 0 Å². The maximum absolute atomic E-state index is 13.9. The third-order valence-corrected chi connectivity index (χ3v) is 5.33. The molecule has 2 aliphatic heterocycles. The van der Waals surface area contributed by atoms with Crippen LogP contribution in [0.1, 0.15) is 17.5 Å². The molecule has 2 N–H and O–H groups in total. The van der Waals surface area contributed by atoms with Crippen LogP contribution in [-0.2, 0) is 10.9 Å². The highest BCUT2D eigenvalue weighted by Crippen LogP contribution is 2.43. The average molecular weight is 422 g/mol. The number of nitrogens with one attached hydrogen (secondary N) is 2. The van der Waals surface area contributed by atoms with Crippen LogP contribution >= 0.6 is 0 Å². The quantitative estimate of drug-likeness (QED) is 0.610. The van der Waals surface area contributed by atoms with Gasteiger partial charge in [-0.3, -0.25) is 4.99 Å². The number of benzene rings is 2. The topological polar surface area (TPSA) is 48.9 Å². The van der Waals surface area contributed by atoms with Crippen molar-refractivity contribution in [3.05, 3.63) is 47.3 Å². The average Bonchev–Trinajstić information content (AvgIpc) is 2.90. The molecule has 0 amide bonds. The minimum atomic E-state index is -4.52. The lowest BCUT2D eigenvalue weighted by Crippen LogP contribution is -2.51. The summed E-state index contributed by atoms with van der Waals surface area (Å²) in [6.45, 7) is 1.93. The van der Waals surface area contributed by atoms with Crippen LogP contribution in [0.15, 0.2) is 35.3 Å². The van der Waals surface area contributed by atoms with Crippen LogP contribution in [0.2, 0.25) is 0 Å². The van der Waals surface area contributed by atoms with E-state index in [1.807, 2.05) is 0 Å². The molecule has 2 aliphatic rings. The highest BCUT2D eigenvalue weighted by Gasteiger charge is 2.38. The van der Waals surface area contributed by atoms with E-state index in [2.05, 4.69) is 15.6 Å². The van der Waals surface area contributed by atoms with Crippen molar-refractivity contribution in [2.45, 2.75) is 18.6 Å². The van der Waals surface area contributed by atoms with Gasteiger partial charge in [0.1, 0.15) is 5.82 Å². The van der Waals surface area contributed by atoms with Gasteiger partial charge in [0.15, 0.2) is 0 Å². The molecular formula is C21H22F4N4O. The maximum atomic E-state index is 13.9. The predicted octanol–water partition coefficient (Wildman–Crippen LogP) is 4.47. The highest BCUT2D eigenvalue weighted by molar-refractivity contribution is 6.01. The molecule has 160 valence electrons. The number of methoxy groups -OCH3 is 1. The first kappa shape index (κ1) is 20.6. The molecule has 1 saturated heterocycles. The monoisotopic (exact) mass is 422 g/mol. The fourth-order valence-corrected chi connectivity index (χ4v) is 3.90. The normalized spacial score (nSPS) is 18.4. The Balaban J connectivity index is 1.79. The van der Waals surface area contributed by atoms with Crippen LogP contribution < -0.4 is 15.5 Å². The Labute approximate surface area is 171 Å². The van der Waals surface area contributed by atoms with E-state index < -0.39 is 17.6 Å². The van der Waals surface area contributed by atoms with E-state index in [1.54, 1.807) is 12.0 Å². The summed E-state index contributed by atoms with van der Waals surface area (Å²) in [5, 5.41) is 6.44. The van der Waals surface area contributed by atoms with Crippen molar-refractivity contribution in [3.8, 4) is 0 Å². The molecule has 0 saturated carbocycles. The molecule has 1 atom stereocenters. The number of fused-ring (bicyclic) bond motifs is 2. The van der Waals surface area contributed by atoms with E-state index in [4.69, 9.17) is 4.74 Å². The molecule has 0 aromatic heterocycles. The van der Waals surface area contributed by atoms with Gasteiger partial charge in [-0.1, -0.05) is 0 Å². The number of halogens is 4. The van der Waals surface area contributed by atoms with Crippen molar-refractivity contribution < 1.29 is 22.3 Å². The second kappa shape index (κ2) is 8.23. The molecule has 2 aromatic carbocycles. The summed E-state index contributed by atoms with van der Waals surface area (Å²) < 4.78 is 60.5. The standard InChI is InChI=1S/C21H22F4N4O/c1-30-9-6-14-12-29(8-7-26-14)20-15-11-27-19-10-13(22)2-4-18(19)28-17(15)5-3-16(20)21(23,24)25/h2-5,10-11,14,26,28H,6-9,12H2,1H3. The molecule has 30 heavy (non-hydrogen) atoms. The number of piperazine rings is 1. The second-order valence-corrected chi connectivity index (χ2v) is 7.34. The first-order valence-electron chi connectivity index (χ1n) is 9.69. The van der Waals surface area contributed by atoms with Crippen molar-refractivity contribution in [2.75, 3.05) is 43.6 Å². The van der Waals surface area contributed by atoms with E-state index >= 15 is 0 Å². The number of nitrogens with zero attached hydrogens (tertiary/aromatic N) is 2. The molecule has 2 aromatic rings. The highest BCUT2D eigenvalue weighted by atomic mass is 19.4. The predicted molar refractivity (Wildman–Crippen MR) is 109 cm³/mol. The van der Waals surface area contributed by atoms with Gasteiger partial charge in [0.05, 0.1) is 22.6 Å². The van der Waals surface area contributed by atoms with Crippen molar-refractivity contribution in [2.24, 2.45) is 4.99 Å². The Kier molecular flexibility index (Phi) is 5.66. The Bertz CT molecular complexity index is 961. The molecule has 1 unspecified atom stereocenters. The lowest BCUT2D eigenvalue weighted by molar-refractivity contribution is -0.137. The van der Waals surface area contributed by atoms with E-state index in [9.17, 15) is 17.6 Å². The SMILES string of the molecule is COCCC1CN(c2c(C(F)(F)F)ccc3c2C=Nc2cc(F)ccc2N3)CCN1. The van der Waals surface area contributed by atoms with E-state index in [0.717, 1.165) is 6.07 Å². The maximum Gasteiger partial charge on any atom is 0.418 e. The summed E-state index contributed by atoms with van der Waals surface area (Å²) in [5.74, 6) is -0.460. The Hall–Kier alpha value is -2.65. The number of aliphatic imine (C=N–C) groups is 1. The van der Waals surface area contributed by atoms with Gasteiger partial charge in [-0.25, -0.2) is 4.39 Å². The molecule has 9 heteroatoms. The van der Waals surface area contributed by atoms with E-state index in [1.165, 1.54) is 30.5 Å². The van der Waals surface area contributed by atoms with E-state index in [-0.39, 0.29) is 11.7 Å². The van der Waals surface area contributed by atoms with Gasteiger partial charge in [0.2, 0.25) is 0 Å². The zero-order valence-corrected chi connectivity index (χ0v) is 16.4. The third kappa shape index (κ3) is 4.13. The molecule has 1 fully saturated rings. The second-order valence-electron chi connectivity index (χ2n) is 7.34. The zero-order chi connectivity index (χ0) is 21.3. The van der Waals surface area contributed by atoms with Crippen molar-refractivity contribution in [1.29, 1.82) is 0 Å². The third-order valence-electron chi connectivity index (χ3n) is 5.33. The zero-order valence-electron chi connectivity index (χ0n) is 16.4. The summed E-state index contributed by atoms with van der Waals surface area (Å²) in [5.41, 5.74) is 1.10. The minimum absolute atomic E-state index is 0.0117. The molecule has 2 heterocycles. The molecular weight excluding hydrogens is 400 g/mol. The van der Waals surface area contributed by atoms with Crippen LogP contribution in [-0.4, -0.2) is 45.6 Å². The largest absolute Gasteiger partial charge is 0.418 e. The van der Waals surface area contributed by atoms with Gasteiger partial charge in [-0.05, 0) is 30.7 Å². The lowest BCUT2D eigenvalue weighted by Gasteiger charge is -2.37. The fraction of sp³-hybridized carbons (Fsp3) is 0.381. The smallest absolute Gasteiger partial charge is 0.385 e. The summed E-state index contributed by atoms with van der Waals surface area (Å²) in [4.78, 5) is 6.03. The number of alkyl halides is 3. The first-order chi connectivity index (χ1) is 14.4. The number of rotatable bonds is 4. The van der Waals surface area contributed by atoms with Crippen LogP contribution in [0.4, 0.5) is 40.3 Å². The first-order valence-corrected chi connectivity index (χ1v) is 9.69. The van der Waals surface area contributed by atoms with Crippen molar-refractivity contribution in [1.82, 2.24) is 5.32 Å². The Morgan fingerprint density at radius 2 is 2.00 bits per heavy atom. The molecule has 0 radical (unpaired) electrons. The summed E-state index contributed by atoms with van der Waals surface area (Å²) >= 11 is 0. The van der Waals surface area contributed by atoms with Gasteiger partial charge in [-0.15, -0.1) is 0 Å².